The molecule has 0 radical (unpaired) electrons. The van der Waals surface area contributed by atoms with E-state index >= 15 is 0 Å². The minimum absolute atomic E-state index is 0.0534. The Balaban J connectivity index is 2.03. The molecule has 0 bridgehead atoms. The highest BCUT2D eigenvalue weighted by atomic mass is 35.5. The van der Waals surface area contributed by atoms with Crippen LogP contribution in [0, 0.1) is 11.8 Å². The Bertz CT molecular complexity index is 797. The number of anilines is 1. The molecule has 0 aromatic heterocycles. The summed E-state index contributed by atoms with van der Waals surface area (Å²) in [6, 6.07) is 2.17. The maximum absolute atomic E-state index is 12.7. The van der Waals surface area contributed by atoms with Crippen LogP contribution in [-0.2, 0) is 20.8 Å². The number of alkyl halides is 3. The maximum Gasteiger partial charge on any atom is 0.416 e. The molecule has 2 N–H and O–H groups in total. The second-order valence-electron chi connectivity index (χ2n) is 7.07. The third kappa shape index (κ3) is 6.00. The molecule has 1 aliphatic rings. The third-order valence-electron chi connectivity index (χ3n) is 4.45. The van der Waals surface area contributed by atoms with Gasteiger partial charge in [-0.25, -0.2) is 8.42 Å². The van der Waals surface area contributed by atoms with Crippen LogP contribution in [0.25, 0.3) is 0 Å². The fraction of sp³-hybridized carbons (Fsp3) is 0.588. The van der Waals surface area contributed by atoms with E-state index in [4.69, 9.17) is 11.6 Å². The Morgan fingerprint density at radius 2 is 2.00 bits per heavy atom. The fourth-order valence-corrected chi connectivity index (χ4v) is 5.00. The molecule has 152 valence electrons. The number of rotatable bonds is 6. The molecule has 1 aliphatic heterocycles. The fourth-order valence-electron chi connectivity index (χ4n) is 2.90. The van der Waals surface area contributed by atoms with Crippen molar-refractivity contribution in [3.63, 3.8) is 0 Å². The first-order valence-corrected chi connectivity index (χ1v) is 10.7. The topological polar surface area (TPSA) is 75.3 Å². The lowest BCUT2D eigenvalue weighted by molar-refractivity contribution is -0.137. The van der Waals surface area contributed by atoms with E-state index in [0.717, 1.165) is 12.1 Å². The monoisotopic (exact) mass is 426 g/mol. The quantitative estimate of drug-likeness (QED) is 0.731. The molecule has 2 rings (SSSR count). The highest BCUT2D eigenvalue weighted by Crippen LogP contribution is 2.34. The van der Waals surface area contributed by atoms with E-state index in [2.05, 4.69) is 10.6 Å². The smallest absolute Gasteiger partial charge is 0.372 e. The summed E-state index contributed by atoms with van der Waals surface area (Å²) in [5, 5.41) is 5.48. The first-order chi connectivity index (χ1) is 12.4. The van der Waals surface area contributed by atoms with Gasteiger partial charge in [-0.15, -0.1) is 0 Å². The SMILES string of the molecule is CC(C)[C@H](Nc1ccc(C(F)(F)F)cc1Cl)C(=O)NCC1CCS(=O)(=O)C1. The lowest BCUT2D eigenvalue weighted by Gasteiger charge is -2.24. The van der Waals surface area contributed by atoms with Crippen molar-refractivity contribution in [1.29, 1.82) is 0 Å². The van der Waals surface area contributed by atoms with E-state index in [1.165, 1.54) is 6.07 Å². The number of carbonyl (C=O) groups is 1. The number of hydrogen-bond donors (Lipinski definition) is 2. The van der Waals surface area contributed by atoms with Crippen LogP contribution in [0.4, 0.5) is 18.9 Å². The summed E-state index contributed by atoms with van der Waals surface area (Å²) in [5.74, 6) is -0.472. The van der Waals surface area contributed by atoms with Crippen molar-refractivity contribution in [3.05, 3.63) is 28.8 Å². The molecule has 1 amide bonds. The van der Waals surface area contributed by atoms with Crippen LogP contribution < -0.4 is 10.6 Å². The predicted octanol–water partition coefficient (Wildman–Crippen LogP) is 3.35. The van der Waals surface area contributed by atoms with Crippen molar-refractivity contribution >= 4 is 33.0 Å². The standard InChI is InChI=1S/C17H22ClF3N2O3S/c1-10(2)15(16(24)22-8-11-5-6-27(25,26)9-11)23-14-4-3-12(7-13(14)18)17(19,20)21/h3-4,7,10-11,15,23H,5-6,8-9H2,1-2H3,(H,22,24)/t11?,15-/m0/s1. The minimum Gasteiger partial charge on any atom is -0.372 e. The largest absolute Gasteiger partial charge is 0.416 e. The molecule has 27 heavy (non-hydrogen) atoms. The van der Waals surface area contributed by atoms with Gasteiger partial charge in [0.2, 0.25) is 5.91 Å². The van der Waals surface area contributed by atoms with Crippen molar-refractivity contribution in [3.8, 4) is 0 Å². The number of halogens is 4. The van der Waals surface area contributed by atoms with Crippen LogP contribution in [0.5, 0.6) is 0 Å². The zero-order chi connectivity index (χ0) is 20.4. The molecule has 0 aliphatic carbocycles. The van der Waals surface area contributed by atoms with Gasteiger partial charge >= 0.3 is 6.18 Å². The highest BCUT2D eigenvalue weighted by molar-refractivity contribution is 7.91. The zero-order valence-corrected chi connectivity index (χ0v) is 16.5. The molecule has 1 unspecified atom stereocenters. The number of sulfone groups is 1. The maximum atomic E-state index is 12.7. The number of hydrogen-bond acceptors (Lipinski definition) is 4. The zero-order valence-electron chi connectivity index (χ0n) is 14.9. The predicted molar refractivity (Wildman–Crippen MR) is 98.5 cm³/mol. The Morgan fingerprint density at radius 3 is 2.48 bits per heavy atom. The molecular weight excluding hydrogens is 405 g/mol. The summed E-state index contributed by atoms with van der Waals surface area (Å²) >= 11 is 5.94. The summed E-state index contributed by atoms with van der Waals surface area (Å²) in [5.41, 5.74) is -0.645. The molecule has 1 saturated heterocycles. The average molecular weight is 427 g/mol. The highest BCUT2D eigenvalue weighted by Gasteiger charge is 2.32. The lowest BCUT2D eigenvalue weighted by Crippen LogP contribution is -2.44. The average Bonchev–Trinajstić information content (AvgIpc) is 2.89. The van der Waals surface area contributed by atoms with E-state index in [0.29, 0.717) is 6.42 Å². The first-order valence-electron chi connectivity index (χ1n) is 8.50. The first kappa shape index (κ1) is 21.8. The second-order valence-corrected chi connectivity index (χ2v) is 9.71. The van der Waals surface area contributed by atoms with Gasteiger partial charge in [-0.2, -0.15) is 13.2 Å². The van der Waals surface area contributed by atoms with Crippen LogP contribution >= 0.6 is 11.6 Å². The van der Waals surface area contributed by atoms with Gasteiger partial charge in [-0.05, 0) is 36.5 Å². The van der Waals surface area contributed by atoms with Gasteiger partial charge in [0.1, 0.15) is 6.04 Å². The molecule has 5 nitrogen and oxygen atoms in total. The normalized spacial score (nSPS) is 20.5. The van der Waals surface area contributed by atoms with Crippen LogP contribution in [0.3, 0.4) is 0 Å². The van der Waals surface area contributed by atoms with Crippen LogP contribution in [0.1, 0.15) is 25.8 Å². The van der Waals surface area contributed by atoms with Gasteiger partial charge < -0.3 is 10.6 Å². The van der Waals surface area contributed by atoms with E-state index in [9.17, 15) is 26.4 Å². The second kappa shape index (κ2) is 8.26. The van der Waals surface area contributed by atoms with E-state index in [1.54, 1.807) is 13.8 Å². The molecule has 0 spiro atoms. The summed E-state index contributed by atoms with van der Waals surface area (Å²) in [6.07, 6.45) is -3.99. The van der Waals surface area contributed by atoms with E-state index in [1.807, 2.05) is 0 Å². The molecule has 1 heterocycles. The summed E-state index contributed by atoms with van der Waals surface area (Å²) in [4.78, 5) is 12.5. The Hall–Kier alpha value is -1.48. The van der Waals surface area contributed by atoms with Gasteiger partial charge in [0.15, 0.2) is 9.84 Å². The van der Waals surface area contributed by atoms with E-state index < -0.39 is 27.6 Å². The van der Waals surface area contributed by atoms with Crippen LogP contribution in [-0.4, -0.2) is 38.4 Å². The Kier molecular flexibility index (Phi) is 6.68. The number of carbonyl (C=O) groups excluding carboxylic acids is 1. The van der Waals surface area contributed by atoms with Crippen molar-refractivity contribution in [2.24, 2.45) is 11.8 Å². The lowest BCUT2D eigenvalue weighted by atomic mass is 10.0. The number of amides is 1. The summed E-state index contributed by atoms with van der Waals surface area (Å²) < 4.78 is 61.2. The minimum atomic E-state index is -4.50. The van der Waals surface area contributed by atoms with Crippen molar-refractivity contribution < 1.29 is 26.4 Å². The van der Waals surface area contributed by atoms with Crippen LogP contribution in [0.15, 0.2) is 18.2 Å². The van der Waals surface area contributed by atoms with Gasteiger partial charge in [-0.3, -0.25) is 4.79 Å². The van der Waals surface area contributed by atoms with Gasteiger partial charge in [-0.1, -0.05) is 25.4 Å². The summed E-state index contributed by atoms with van der Waals surface area (Å²) in [7, 11) is -3.03. The molecule has 10 heteroatoms. The number of benzene rings is 1. The summed E-state index contributed by atoms with van der Waals surface area (Å²) in [6.45, 7) is 3.81. The Labute approximate surface area is 161 Å². The van der Waals surface area contributed by atoms with Gasteiger partial charge in [0.05, 0.1) is 27.8 Å². The molecular formula is C17H22ClF3N2O3S. The molecule has 1 aromatic rings. The van der Waals surface area contributed by atoms with Gasteiger partial charge in [0.25, 0.3) is 0 Å². The molecule has 2 atom stereocenters. The van der Waals surface area contributed by atoms with Gasteiger partial charge in [0, 0.05) is 6.54 Å². The van der Waals surface area contributed by atoms with Crippen molar-refractivity contribution in [1.82, 2.24) is 5.32 Å². The Morgan fingerprint density at radius 1 is 1.33 bits per heavy atom. The van der Waals surface area contributed by atoms with Crippen molar-refractivity contribution in [2.45, 2.75) is 32.5 Å². The molecule has 0 saturated carbocycles. The molecule has 1 fully saturated rings. The molecule has 1 aromatic carbocycles. The van der Waals surface area contributed by atoms with E-state index in [-0.39, 0.29) is 46.5 Å². The third-order valence-corrected chi connectivity index (χ3v) is 6.60. The van der Waals surface area contributed by atoms with Crippen LogP contribution in [0.2, 0.25) is 5.02 Å². The van der Waals surface area contributed by atoms with Crippen molar-refractivity contribution in [2.75, 3.05) is 23.4 Å². The number of nitrogens with one attached hydrogen (secondary N) is 2.